The van der Waals surface area contributed by atoms with Crippen molar-refractivity contribution in [1.82, 2.24) is 5.32 Å². The highest BCUT2D eigenvalue weighted by atomic mass is 32.1. The molecule has 1 aromatic rings. The molecular formula is C13H20BNO5S. The van der Waals surface area contributed by atoms with Crippen LogP contribution in [0.4, 0.5) is 0 Å². The van der Waals surface area contributed by atoms with Gasteiger partial charge in [-0.3, -0.25) is 4.79 Å². The van der Waals surface area contributed by atoms with Gasteiger partial charge in [-0.2, -0.15) is 0 Å². The summed E-state index contributed by atoms with van der Waals surface area (Å²) in [6.45, 7) is 0. The van der Waals surface area contributed by atoms with Gasteiger partial charge in [-0.15, -0.1) is 11.3 Å². The van der Waals surface area contributed by atoms with Gasteiger partial charge in [0, 0.05) is 17.4 Å². The van der Waals surface area contributed by atoms with Crippen LogP contribution in [-0.2, 0) is 15.9 Å². The molecule has 2 rings (SSSR count). The first-order valence-corrected chi connectivity index (χ1v) is 7.94. The van der Waals surface area contributed by atoms with E-state index in [4.69, 9.17) is 14.9 Å². The maximum atomic E-state index is 11.9. The summed E-state index contributed by atoms with van der Waals surface area (Å²) in [6.07, 6.45) is 0.484. The molecule has 0 spiro atoms. The Hall–Kier alpha value is -0.925. The molecule has 4 N–H and O–H groups in total. The smallest absolute Gasteiger partial charge is 0.426 e. The van der Waals surface area contributed by atoms with Gasteiger partial charge in [0.1, 0.15) is 0 Å². The summed E-state index contributed by atoms with van der Waals surface area (Å²) in [6, 6.07) is 3.78. The fourth-order valence-corrected chi connectivity index (χ4v) is 3.15. The summed E-state index contributed by atoms with van der Waals surface area (Å²) in [5, 5.41) is 32.6. The fraction of sp³-hybridized carbons (Fsp3) is 0.615. The second kappa shape index (κ2) is 7.91. The van der Waals surface area contributed by atoms with Gasteiger partial charge in [-0.05, 0) is 30.7 Å². The maximum absolute atomic E-state index is 11.9. The molecular weight excluding hydrogens is 293 g/mol. The number of rotatable bonds is 5. The van der Waals surface area contributed by atoms with Gasteiger partial charge >= 0.3 is 7.12 Å². The highest BCUT2D eigenvalue weighted by Gasteiger charge is 2.34. The van der Waals surface area contributed by atoms with Gasteiger partial charge in [-0.25, -0.2) is 0 Å². The standard InChI is InChI=1S/C13H20BNO5S/c16-12(8-10-4-2-6-21-10)15-11-5-1-3-9(7-13(17)18)20-14(11)19/h2,4,6,9,11,13,17-19H,1,3,5,7-8H2,(H,15,16)/t9?,11-/m0/s1. The summed E-state index contributed by atoms with van der Waals surface area (Å²) in [4.78, 5) is 12.9. The zero-order chi connectivity index (χ0) is 15.2. The summed E-state index contributed by atoms with van der Waals surface area (Å²) in [7, 11) is -1.12. The number of hydrogen-bond acceptors (Lipinski definition) is 6. The Labute approximate surface area is 127 Å². The lowest BCUT2D eigenvalue weighted by molar-refractivity contribution is -0.120. The molecule has 2 atom stereocenters. The minimum atomic E-state index is -1.45. The molecule has 1 aromatic heterocycles. The third kappa shape index (κ3) is 5.41. The number of carbonyl (C=O) groups excluding carboxylic acids is 1. The first kappa shape index (κ1) is 16.4. The van der Waals surface area contributed by atoms with Crippen molar-refractivity contribution in [3.8, 4) is 0 Å². The molecule has 1 fully saturated rings. The third-order valence-electron chi connectivity index (χ3n) is 3.45. The number of aliphatic hydroxyl groups is 2. The van der Waals surface area contributed by atoms with Crippen molar-refractivity contribution in [3.63, 3.8) is 0 Å². The Kier molecular flexibility index (Phi) is 6.19. The Morgan fingerprint density at radius 2 is 2.33 bits per heavy atom. The van der Waals surface area contributed by atoms with Gasteiger partial charge in [0.15, 0.2) is 6.29 Å². The van der Waals surface area contributed by atoms with E-state index in [1.807, 2.05) is 17.5 Å². The summed E-state index contributed by atoms with van der Waals surface area (Å²) >= 11 is 1.52. The van der Waals surface area contributed by atoms with Crippen LogP contribution >= 0.6 is 11.3 Å². The minimum Gasteiger partial charge on any atom is -0.426 e. The van der Waals surface area contributed by atoms with E-state index in [0.29, 0.717) is 19.3 Å². The SMILES string of the molecule is O=C(Cc1cccs1)N[C@H]1CCCC(CC(O)O)OB1O. The Morgan fingerprint density at radius 3 is 3.00 bits per heavy atom. The second-order valence-corrected chi connectivity index (χ2v) is 6.26. The van der Waals surface area contributed by atoms with Crippen molar-refractivity contribution in [2.45, 2.75) is 50.4 Å². The largest absolute Gasteiger partial charge is 0.478 e. The lowest BCUT2D eigenvalue weighted by Gasteiger charge is -2.21. The van der Waals surface area contributed by atoms with E-state index in [1.54, 1.807) is 0 Å². The van der Waals surface area contributed by atoms with Crippen molar-refractivity contribution < 1.29 is 24.7 Å². The molecule has 116 valence electrons. The van der Waals surface area contributed by atoms with Crippen molar-refractivity contribution in [2.24, 2.45) is 0 Å². The molecule has 1 aliphatic rings. The average Bonchev–Trinajstić information content (AvgIpc) is 2.83. The number of amides is 1. The van der Waals surface area contributed by atoms with Crippen LogP contribution in [0.3, 0.4) is 0 Å². The first-order valence-electron chi connectivity index (χ1n) is 7.06. The lowest BCUT2D eigenvalue weighted by atomic mass is 9.76. The molecule has 0 aliphatic carbocycles. The van der Waals surface area contributed by atoms with Crippen molar-refractivity contribution >= 4 is 24.4 Å². The van der Waals surface area contributed by atoms with Gasteiger partial charge in [0.2, 0.25) is 5.91 Å². The van der Waals surface area contributed by atoms with Crippen LogP contribution in [-0.4, -0.2) is 46.6 Å². The van der Waals surface area contributed by atoms with Gasteiger partial charge in [-0.1, -0.05) is 6.07 Å². The minimum absolute atomic E-state index is 0.0624. The average molecular weight is 313 g/mol. The van der Waals surface area contributed by atoms with Crippen LogP contribution in [0, 0.1) is 0 Å². The quantitative estimate of drug-likeness (QED) is 0.455. The number of nitrogens with one attached hydrogen (secondary N) is 1. The van der Waals surface area contributed by atoms with Crippen LogP contribution in [0.15, 0.2) is 17.5 Å². The Balaban J connectivity index is 1.84. The van der Waals surface area contributed by atoms with E-state index >= 15 is 0 Å². The molecule has 1 unspecified atom stereocenters. The molecule has 21 heavy (non-hydrogen) atoms. The summed E-state index contributed by atoms with van der Waals surface area (Å²) in [5.74, 6) is -0.607. The molecule has 8 heteroatoms. The zero-order valence-corrected chi connectivity index (χ0v) is 12.5. The number of thiophene rings is 1. The molecule has 0 bridgehead atoms. The Bertz CT molecular complexity index is 442. The fourth-order valence-electron chi connectivity index (χ4n) is 2.45. The third-order valence-corrected chi connectivity index (χ3v) is 4.33. The maximum Gasteiger partial charge on any atom is 0.478 e. The predicted molar refractivity (Wildman–Crippen MR) is 79.5 cm³/mol. The first-order chi connectivity index (χ1) is 10.0. The topological polar surface area (TPSA) is 99.0 Å². The van der Waals surface area contributed by atoms with E-state index in [1.165, 1.54) is 11.3 Å². The molecule has 1 aliphatic heterocycles. The van der Waals surface area contributed by atoms with Crippen LogP contribution in [0.25, 0.3) is 0 Å². The van der Waals surface area contributed by atoms with Crippen LogP contribution in [0.1, 0.15) is 30.6 Å². The van der Waals surface area contributed by atoms with Crippen molar-refractivity contribution in [2.75, 3.05) is 0 Å². The van der Waals surface area contributed by atoms with Crippen LogP contribution in [0.2, 0.25) is 0 Å². The van der Waals surface area contributed by atoms with Crippen LogP contribution in [0.5, 0.6) is 0 Å². The zero-order valence-electron chi connectivity index (χ0n) is 11.6. The normalized spacial score (nSPS) is 23.1. The number of aliphatic hydroxyl groups excluding tert-OH is 1. The Morgan fingerprint density at radius 1 is 1.52 bits per heavy atom. The highest BCUT2D eigenvalue weighted by molar-refractivity contribution is 7.10. The van der Waals surface area contributed by atoms with Gasteiger partial charge in [0.05, 0.1) is 12.4 Å². The number of hydrogen-bond donors (Lipinski definition) is 4. The molecule has 0 aromatic carbocycles. The molecule has 0 saturated carbocycles. The molecule has 6 nitrogen and oxygen atoms in total. The lowest BCUT2D eigenvalue weighted by Crippen LogP contribution is -2.48. The molecule has 1 amide bonds. The second-order valence-electron chi connectivity index (χ2n) is 5.23. The van der Waals surface area contributed by atoms with E-state index in [9.17, 15) is 9.82 Å². The van der Waals surface area contributed by atoms with Gasteiger partial charge in [0.25, 0.3) is 0 Å². The number of carbonyl (C=O) groups is 1. The van der Waals surface area contributed by atoms with E-state index in [2.05, 4.69) is 5.32 Å². The molecule has 1 saturated heterocycles. The van der Waals surface area contributed by atoms with E-state index in [-0.39, 0.29) is 12.3 Å². The van der Waals surface area contributed by atoms with Gasteiger partial charge < -0.3 is 25.2 Å². The van der Waals surface area contributed by atoms with E-state index < -0.39 is 25.5 Å². The van der Waals surface area contributed by atoms with Crippen molar-refractivity contribution in [1.29, 1.82) is 0 Å². The summed E-state index contributed by atoms with van der Waals surface area (Å²) < 4.78 is 5.39. The monoisotopic (exact) mass is 313 g/mol. The van der Waals surface area contributed by atoms with E-state index in [0.717, 1.165) is 11.3 Å². The summed E-state index contributed by atoms with van der Waals surface area (Å²) in [5.41, 5.74) is 0. The molecule has 0 radical (unpaired) electrons. The molecule has 2 heterocycles. The highest BCUT2D eigenvalue weighted by Crippen LogP contribution is 2.19. The van der Waals surface area contributed by atoms with Crippen LogP contribution < -0.4 is 5.32 Å². The predicted octanol–water partition coefficient (Wildman–Crippen LogP) is 0.0650. The van der Waals surface area contributed by atoms with Crippen molar-refractivity contribution in [3.05, 3.63) is 22.4 Å².